The Morgan fingerprint density at radius 1 is 1.43 bits per heavy atom. The molecule has 0 aliphatic rings. The second-order valence-corrected chi connectivity index (χ2v) is 3.40. The standard InChI is InChI=1S/C11H17NO2/c1-8-4-5-11(10(12)6-8)14-7-9(2)13-3/h4-6,9H,7,12H2,1-3H3. The zero-order chi connectivity index (χ0) is 10.6. The number of benzene rings is 1. The van der Waals surface area contributed by atoms with Gasteiger partial charge in [0.2, 0.25) is 0 Å². The van der Waals surface area contributed by atoms with Gasteiger partial charge in [0, 0.05) is 7.11 Å². The summed E-state index contributed by atoms with van der Waals surface area (Å²) in [5.41, 5.74) is 7.59. The first-order chi connectivity index (χ1) is 6.63. The molecule has 3 heteroatoms. The van der Waals surface area contributed by atoms with Gasteiger partial charge in [0.05, 0.1) is 11.8 Å². The molecule has 1 rings (SSSR count). The molecule has 0 bridgehead atoms. The molecule has 14 heavy (non-hydrogen) atoms. The van der Waals surface area contributed by atoms with Crippen molar-refractivity contribution in [3.8, 4) is 5.75 Å². The average molecular weight is 195 g/mol. The summed E-state index contributed by atoms with van der Waals surface area (Å²) >= 11 is 0. The van der Waals surface area contributed by atoms with Crippen LogP contribution in [0.4, 0.5) is 5.69 Å². The van der Waals surface area contributed by atoms with Crippen LogP contribution in [-0.4, -0.2) is 19.8 Å². The number of hydrogen-bond donors (Lipinski definition) is 1. The van der Waals surface area contributed by atoms with Crippen molar-refractivity contribution in [3.63, 3.8) is 0 Å². The van der Waals surface area contributed by atoms with E-state index in [1.54, 1.807) is 7.11 Å². The van der Waals surface area contributed by atoms with Gasteiger partial charge < -0.3 is 15.2 Å². The molecular formula is C11H17NO2. The van der Waals surface area contributed by atoms with Crippen molar-refractivity contribution in [2.45, 2.75) is 20.0 Å². The quantitative estimate of drug-likeness (QED) is 0.747. The molecule has 1 aromatic rings. The number of rotatable bonds is 4. The van der Waals surface area contributed by atoms with E-state index >= 15 is 0 Å². The van der Waals surface area contributed by atoms with Crippen LogP contribution in [0.2, 0.25) is 0 Å². The molecule has 0 aromatic heterocycles. The number of anilines is 1. The van der Waals surface area contributed by atoms with E-state index in [0.717, 1.165) is 11.3 Å². The van der Waals surface area contributed by atoms with Crippen LogP contribution in [0.5, 0.6) is 5.75 Å². The first-order valence-electron chi connectivity index (χ1n) is 4.65. The highest BCUT2D eigenvalue weighted by atomic mass is 16.5. The summed E-state index contributed by atoms with van der Waals surface area (Å²) in [6, 6.07) is 5.75. The summed E-state index contributed by atoms with van der Waals surface area (Å²) in [7, 11) is 1.66. The topological polar surface area (TPSA) is 44.5 Å². The van der Waals surface area contributed by atoms with E-state index in [2.05, 4.69) is 0 Å². The maximum absolute atomic E-state index is 5.78. The SMILES string of the molecule is COC(C)COc1ccc(C)cc1N. The van der Waals surface area contributed by atoms with Gasteiger partial charge in [-0.2, -0.15) is 0 Å². The van der Waals surface area contributed by atoms with Crippen LogP contribution in [0.1, 0.15) is 12.5 Å². The van der Waals surface area contributed by atoms with Crippen molar-refractivity contribution in [1.29, 1.82) is 0 Å². The molecule has 2 N–H and O–H groups in total. The third-order valence-electron chi connectivity index (χ3n) is 2.04. The van der Waals surface area contributed by atoms with Crippen molar-refractivity contribution < 1.29 is 9.47 Å². The monoisotopic (exact) mass is 195 g/mol. The van der Waals surface area contributed by atoms with E-state index in [9.17, 15) is 0 Å². The lowest BCUT2D eigenvalue weighted by Gasteiger charge is -2.13. The van der Waals surface area contributed by atoms with Crippen LogP contribution in [0.25, 0.3) is 0 Å². The van der Waals surface area contributed by atoms with Crippen molar-refractivity contribution in [2.24, 2.45) is 0 Å². The van der Waals surface area contributed by atoms with Crippen LogP contribution in [0.3, 0.4) is 0 Å². The Morgan fingerprint density at radius 3 is 2.71 bits per heavy atom. The van der Waals surface area contributed by atoms with Gasteiger partial charge in [-0.25, -0.2) is 0 Å². The molecule has 0 aliphatic heterocycles. The molecule has 78 valence electrons. The Labute approximate surface area is 84.8 Å². The lowest BCUT2D eigenvalue weighted by atomic mass is 10.2. The Kier molecular flexibility index (Phi) is 3.77. The van der Waals surface area contributed by atoms with E-state index in [0.29, 0.717) is 12.3 Å². The minimum Gasteiger partial charge on any atom is -0.489 e. The van der Waals surface area contributed by atoms with Crippen molar-refractivity contribution in [3.05, 3.63) is 23.8 Å². The summed E-state index contributed by atoms with van der Waals surface area (Å²) < 4.78 is 10.6. The maximum atomic E-state index is 5.78. The fraction of sp³-hybridized carbons (Fsp3) is 0.455. The highest BCUT2D eigenvalue weighted by Crippen LogP contribution is 2.22. The molecule has 0 spiro atoms. The molecule has 1 atom stereocenters. The molecule has 0 radical (unpaired) electrons. The van der Waals surface area contributed by atoms with Crippen LogP contribution in [0.15, 0.2) is 18.2 Å². The van der Waals surface area contributed by atoms with Crippen molar-refractivity contribution in [2.75, 3.05) is 19.5 Å². The van der Waals surface area contributed by atoms with Gasteiger partial charge in [0.25, 0.3) is 0 Å². The normalized spacial score (nSPS) is 12.5. The van der Waals surface area contributed by atoms with E-state index in [-0.39, 0.29) is 6.10 Å². The Hall–Kier alpha value is -1.22. The zero-order valence-electron chi connectivity index (χ0n) is 8.91. The van der Waals surface area contributed by atoms with E-state index in [1.807, 2.05) is 32.0 Å². The van der Waals surface area contributed by atoms with Crippen LogP contribution >= 0.6 is 0 Å². The van der Waals surface area contributed by atoms with Crippen LogP contribution in [0, 0.1) is 6.92 Å². The van der Waals surface area contributed by atoms with Crippen molar-refractivity contribution in [1.82, 2.24) is 0 Å². The molecule has 0 heterocycles. The molecule has 1 aromatic carbocycles. The Bertz CT molecular complexity index is 299. The van der Waals surface area contributed by atoms with Gasteiger partial charge in [-0.15, -0.1) is 0 Å². The molecule has 0 saturated carbocycles. The second-order valence-electron chi connectivity index (χ2n) is 3.40. The van der Waals surface area contributed by atoms with Crippen LogP contribution in [-0.2, 0) is 4.74 Å². The lowest BCUT2D eigenvalue weighted by Crippen LogP contribution is -2.16. The van der Waals surface area contributed by atoms with Gasteiger partial charge >= 0.3 is 0 Å². The number of hydrogen-bond acceptors (Lipinski definition) is 3. The van der Waals surface area contributed by atoms with E-state index in [1.165, 1.54) is 0 Å². The molecule has 0 saturated heterocycles. The molecule has 3 nitrogen and oxygen atoms in total. The molecule has 0 fully saturated rings. The van der Waals surface area contributed by atoms with Gasteiger partial charge in [0.15, 0.2) is 0 Å². The molecule has 0 aliphatic carbocycles. The minimum absolute atomic E-state index is 0.0794. The largest absolute Gasteiger partial charge is 0.489 e. The predicted octanol–water partition coefficient (Wildman–Crippen LogP) is 1.99. The zero-order valence-corrected chi connectivity index (χ0v) is 8.91. The lowest BCUT2D eigenvalue weighted by molar-refractivity contribution is 0.0719. The first kappa shape index (κ1) is 10.9. The fourth-order valence-electron chi connectivity index (χ4n) is 1.07. The number of nitrogen functional groups attached to an aromatic ring is 1. The second kappa shape index (κ2) is 4.86. The Morgan fingerprint density at radius 2 is 2.14 bits per heavy atom. The van der Waals surface area contributed by atoms with Gasteiger partial charge in [-0.1, -0.05) is 6.07 Å². The smallest absolute Gasteiger partial charge is 0.142 e. The van der Waals surface area contributed by atoms with Gasteiger partial charge in [0.1, 0.15) is 12.4 Å². The van der Waals surface area contributed by atoms with E-state index in [4.69, 9.17) is 15.2 Å². The molecular weight excluding hydrogens is 178 g/mol. The minimum atomic E-state index is 0.0794. The van der Waals surface area contributed by atoms with Gasteiger partial charge in [-0.05, 0) is 31.5 Å². The Balaban J connectivity index is 2.59. The number of methoxy groups -OCH3 is 1. The molecule has 1 unspecified atom stereocenters. The predicted molar refractivity (Wildman–Crippen MR) is 57.6 cm³/mol. The summed E-state index contributed by atoms with van der Waals surface area (Å²) in [5, 5.41) is 0. The number of ether oxygens (including phenoxy) is 2. The third kappa shape index (κ3) is 2.92. The molecule has 0 amide bonds. The fourth-order valence-corrected chi connectivity index (χ4v) is 1.07. The summed E-state index contributed by atoms with van der Waals surface area (Å²) in [4.78, 5) is 0. The number of nitrogens with two attached hydrogens (primary N) is 1. The highest BCUT2D eigenvalue weighted by Gasteiger charge is 2.03. The number of aryl methyl sites for hydroxylation is 1. The van der Waals surface area contributed by atoms with E-state index < -0.39 is 0 Å². The van der Waals surface area contributed by atoms with Crippen molar-refractivity contribution >= 4 is 5.69 Å². The van der Waals surface area contributed by atoms with Gasteiger partial charge in [-0.3, -0.25) is 0 Å². The summed E-state index contributed by atoms with van der Waals surface area (Å²) in [6.45, 7) is 4.46. The maximum Gasteiger partial charge on any atom is 0.142 e. The summed E-state index contributed by atoms with van der Waals surface area (Å²) in [6.07, 6.45) is 0.0794. The van der Waals surface area contributed by atoms with Crippen LogP contribution < -0.4 is 10.5 Å². The summed E-state index contributed by atoms with van der Waals surface area (Å²) in [5.74, 6) is 0.722. The third-order valence-corrected chi connectivity index (χ3v) is 2.04. The highest BCUT2D eigenvalue weighted by molar-refractivity contribution is 5.53. The average Bonchev–Trinajstić information content (AvgIpc) is 2.16. The first-order valence-corrected chi connectivity index (χ1v) is 4.65.